The fourth-order valence-electron chi connectivity index (χ4n) is 6.56. The molecule has 1 aliphatic carbocycles. The van der Waals surface area contributed by atoms with Gasteiger partial charge in [0.15, 0.2) is 17.3 Å². The normalized spacial score (nSPS) is 23.2. The minimum absolute atomic E-state index is 0.0810. The molecule has 2 heterocycles. The summed E-state index contributed by atoms with van der Waals surface area (Å²) in [4.78, 5) is 44.2. The number of hydrogen-bond acceptors (Lipinski definition) is 4. The smallest absolute Gasteiger partial charge is 0.180 e. The van der Waals surface area contributed by atoms with Crippen LogP contribution >= 0.6 is 11.6 Å². The second-order valence-corrected chi connectivity index (χ2v) is 10.8. The van der Waals surface area contributed by atoms with E-state index in [-0.39, 0.29) is 17.3 Å². The number of ketones is 3. The van der Waals surface area contributed by atoms with Crippen molar-refractivity contribution in [2.24, 2.45) is 5.41 Å². The molecule has 3 atom stereocenters. The zero-order chi connectivity index (χ0) is 25.4. The van der Waals surface area contributed by atoms with E-state index in [0.717, 1.165) is 22.4 Å². The molecule has 0 saturated carbocycles. The minimum atomic E-state index is -1.44. The molecule has 0 bridgehead atoms. The Balaban J connectivity index is 1.65. The molecule has 6 rings (SSSR count). The third kappa shape index (κ3) is 2.91. The van der Waals surface area contributed by atoms with Crippen molar-refractivity contribution in [1.82, 2.24) is 0 Å². The SMILES string of the molecule is CC(=O)[C@@H]1[C@H](c2ccc(C(C)C)cc2)C2(C(=O)c3ccccc3C2=O)[C@@H]2C=Cc3cc(Cl)ccc3N12. The molecule has 3 aromatic rings. The number of anilines is 1. The lowest BCUT2D eigenvalue weighted by Gasteiger charge is -2.37. The molecule has 5 heteroatoms. The predicted molar refractivity (Wildman–Crippen MR) is 142 cm³/mol. The molecule has 3 aromatic carbocycles. The molecule has 3 aliphatic rings. The molecule has 1 fully saturated rings. The first-order valence-corrected chi connectivity index (χ1v) is 12.7. The largest absolute Gasteiger partial charge is 0.352 e. The Morgan fingerprint density at radius 1 is 0.944 bits per heavy atom. The summed E-state index contributed by atoms with van der Waals surface area (Å²) in [7, 11) is 0. The highest BCUT2D eigenvalue weighted by Crippen LogP contribution is 2.60. The minimum Gasteiger partial charge on any atom is -0.352 e. The predicted octanol–water partition coefficient (Wildman–Crippen LogP) is 6.49. The molecule has 0 N–H and O–H groups in total. The summed E-state index contributed by atoms with van der Waals surface area (Å²) >= 11 is 6.28. The van der Waals surface area contributed by atoms with Gasteiger partial charge in [0, 0.05) is 27.8 Å². The number of carbonyl (C=O) groups is 3. The number of hydrogen-bond donors (Lipinski definition) is 0. The van der Waals surface area contributed by atoms with Gasteiger partial charge in [0.25, 0.3) is 0 Å². The Hall–Kier alpha value is -3.50. The summed E-state index contributed by atoms with van der Waals surface area (Å²) in [6.45, 7) is 5.80. The molecular weight excluding hydrogens is 470 g/mol. The lowest BCUT2D eigenvalue weighted by molar-refractivity contribution is -0.118. The third-order valence-electron chi connectivity index (χ3n) is 8.14. The zero-order valence-electron chi connectivity index (χ0n) is 20.4. The molecular formula is C31H26ClNO3. The Labute approximate surface area is 215 Å². The van der Waals surface area contributed by atoms with E-state index in [1.54, 1.807) is 37.3 Å². The van der Waals surface area contributed by atoms with Gasteiger partial charge < -0.3 is 4.90 Å². The quantitative estimate of drug-likeness (QED) is 0.390. The van der Waals surface area contributed by atoms with Crippen molar-refractivity contribution in [2.45, 2.75) is 44.7 Å². The number of halogens is 1. The number of carbonyl (C=O) groups excluding carboxylic acids is 3. The van der Waals surface area contributed by atoms with Crippen molar-refractivity contribution in [2.75, 3.05) is 4.90 Å². The van der Waals surface area contributed by atoms with E-state index >= 15 is 0 Å². The van der Waals surface area contributed by atoms with Crippen LogP contribution in [0.25, 0.3) is 6.08 Å². The van der Waals surface area contributed by atoms with Crippen molar-refractivity contribution in [3.8, 4) is 0 Å². The first kappa shape index (κ1) is 22.9. The van der Waals surface area contributed by atoms with E-state index in [1.165, 1.54) is 0 Å². The highest BCUT2D eigenvalue weighted by Gasteiger charge is 2.71. The maximum absolute atomic E-state index is 14.4. The van der Waals surface area contributed by atoms with E-state index in [0.29, 0.717) is 22.1 Å². The molecule has 36 heavy (non-hydrogen) atoms. The Kier molecular flexibility index (Phi) is 5.10. The van der Waals surface area contributed by atoms with Crippen LogP contribution < -0.4 is 4.90 Å². The lowest BCUT2D eigenvalue weighted by atomic mass is 9.64. The van der Waals surface area contributed by atoms with Gasteiger partial charge in [-0.1, -0.05) is 86.1 Å². The number of Topliss-reactive ketones (excluding diaryl/α,β-unsaturated/α-hetero) is 3. The van der Waals surface area contributed by atoms with E-state index in [9.17, 15) is 14.4 Å². The lowest BCUT2D eigenvalue weighted by Crippen LogP contribution is -2.48. The van der Waals surface area contributed by atoms with E-state index in [2.05, 4.69) is 13.8 Å². The van der Waals surface area contributed by atoms with Crippen LogP contribution in [-0.4, -0.2) is 29.4 Å². The molecule has 4 nitrogen and oxygen atoms in total. The Morgan fingerprint density at radius 3 is 2.17 bits per heavy atom. The highest BCUT2D eigenvalue weighted by molar-refractivity contribution is 6.32. The molecule has 0 radical (unpaired) electrons. The van der Waals surface area contributed by atoms with Crippen LogP contribution in [0.1, 0.15) is 70.0 Å². The van der Waals surface area contributed by atoms with Gasteiger partial charge >= 0.3 is 0 Å². The number of benzene rings is 3. The van der Waals surface area contributed by atoms with Gasteiger partial charge in [0.05, 0.1) is 12.1 Å². The van der Waals surface area contributed by atoms with Gasteiger partial charge in [-0.25, -0.2) is 0 Å². The molecule has 0 amide bonds. The molecule has 180 valence electrons. The standard InChI is InChI=1S/C31H26ClNO3/c1-17(2)19-8-10-20(11-9-19)27-28(18(3)34)33-25-14-13-22(32)16-21(25)12-15-26(33)31(27)29(35)23-6-4-5-7-24(23)30(31)36/h4-17,26-28H,1-3H3/t26-,27-,28+/m0/s1. The van der Waals surface area contributed by atoms with Crippen molar-refractivity contribution >= 4 is 40.7 Å². The summed E-state index contributed by atoms with van der Waals surface area (Å²) in [5.41, 5.74) is 3.10. The van der Waals surface area contributed by atoms with Gasteiger partial charge in [-0.3, -0.25) is 14.4 Å². The summed E-state index contributed by atoms with van der Waals surface area (Å²) in [6, 6.07) is 19.4. The summed E-state index contributed by atoms with van der Waals surface area (Å²) in [6.07, 6.45) is 3.84. The Morgan fingerprint density at radius 2 is 1.58 bits per heavy atom. The van der Waals surface area contributed by atoms with Gasteiger partial charge in [0.2, 0.25) is 0 Å². The van der Waals surface area contributed by atoms with Crippen molar-refractivity contribution in [1.29, 1.82) is 0 Å². The van der Waals surface area contributed by atoms with Crippen LogP contribution in [0.5, 0.6) is 0 Å². The van der Waals surface area contributed by atoms with Crippen LogP contribution in [0, 0.1) is 5.41 Å². The van der Waals surface area contributed by atoms with Crippen molar-refractivity contribution in [3.05, 3.63) is 106 Å². The first-order chi connectivity index (χ1) is 17.3. The van der Waals surface area contributed by atoms with E-state index < -0.39 is 23.4 Å². The fourth-order valence-corrected chi connectivity index (χ4v) is 6.74. The average Bonchev–Trinajstić information content (AvgIpc) is 3.30. The number of rotatable bonds is 3. The van der Waals surface area contributed by atoms with Crippen molar-refractivity contribution < 1.29 is 14.4 Å². The number of nitrogens with zero attached hydrogens (tertiary/aromatic N) is 1. The third-order valence-corrected chi connectivity index (χ3v) is 8.38. The van der Waals surface area contributed by atoms with Crippen LogP contribution in [0.4, 0.5) is 5.69 Å². The topological polar surface area (TPSA) is 54.5 Å². The summed E-state index contributed by atoms with van der Waals surface area (Å²) < 4.78 is 0. The fraction of sp³-hybridized carbons (Fsp3) is 0.258. The van der Waals surface area contributed by atoms with Crippen molar-refractivity contribution in [3.63, 3.8) is 0 Å². The summed E-state index contributed by atoms with van der Waals surface area (Å²) in [5.74, 6) is -0.795. The van der Waals surface area contributed by atoms with E-state index in [1.807, 2.05) is 53.5 Å². The molecule has 0 aromatic heterocycles. The van der Waals surface area contributed by atoms with Gasteiger partial charge in [-0.05, 0) is 47.7 Å². The molecule has 0 unspecified atom stereocenters. The van der Waals surface area contributed by atoms with Crippen LogP contribution in [0.15, 0.2) is 72.8 Å². The average molecular weight is 496 g/mol. The monoisotopic (exact) mass is 495 g/mol. The van der Waals surface area contributed by atoms with Gasteiger partial charge in [0.1, 0.15) is 5.41 Å². The second-order valence-electron chi connectivity index (χ2n) is 10.3. The second kappa shape index (κ2) is 8.01. The van der Waals surface area contributed by atoms with Crippen LogP contribution in [0.3, 0.4) is 0 Å². The first-order valence-electron chi connectivity index (χ1n) is 12.3. The maximum Gasteiger partial charge on any atom is 0.180 e. The van der Waals surface area contributed by atoms with Gasteiger partial charge in [-0.2, -0.15) is 0 Å². The van der Waals surface area contributed by atoms with Gasteiger partial charge in [-0.15, -0.1) is 0 Å². The molecule has 2 aliphatic heterocycles. The molecule has 1 saturated heterocycles. The van der Waals surface area contributed by atoms with Crippen LogP contribution in [-0.2, 0) is 4.79 Å². The summed E-state index contributed by atoms with van der Waals surface area (Å²) in [5, 5.41) is 0.589. The zero-order valence-corrected chi connectivity index (χ0v) is 21.1. The van der Waals surface area contributed by atoms with Crippen LogP contribution in [0.2, 0.25) is 5.02 Å². The molecule has 1 spiro atoms. The Bertz CT molecular complexity index is 1430. The highest BCUT2D eigenvalue weighted by atomic mass is 35.5. The number of fused-ring (bicyclic) bond motifs is 5. The van der Waals surface area contributed by atoms with E-state index in [4.69, 9.17) is 11.6 Å². The maximum atomic E-state index is 14.4.